The van der Waals surface area contributed by atoms with E-state index >= 15 is 0 Å². The van der Waals surface area contributed by atoms with Crippen molar-refractivity contribution >= 4 is 23.2 Å². The summed E-state index contributed by atoms with van der Waals surface area (Å²) in [5, 5.41) is 5.16. The van der Waals surface area contributed by atoms with Crippen molar-refractivity contribution in [3.63, 3.8) is 0 Å². The Kier molecular flexibility index (Phi) is 4.74. The van der Waals surface area contributed by atoms with Gasteiger partial charge in [0.15, 0.2) is 11.6 Å². The lowest BCUT2D eigenvalue weighted by molar-refractivity contribution is 0.0960. The highest BCUT2D eigenvalue weighted by Crippen LogP contribution is 2.40. The number of rotatable bonds is 3. The molecule has 5 rings (SSSR count). The highest BCUT2D eigenvalue weighted by Gasteiger charge is 2.30. The van der Waals surface area contributed by atoms with Crippen molar-refractivity contribution in [2.45, 2.75) is 45.1 Å². The predicted octanol–water partition coefficient (Wildman–Crippen LogP) is 4.92. The molecule has 1 saturated carbocycles. The van der Waals surface area contributed by atoms with Gasteiger partial charge >= 0.3 is 0 Å². The summed E-state index contributed by atoms with van der Waals surface area (Å²) in [4.78, 5) is 19.8. The van der Waals surface area contributed by atoms with Gasteiger partial charge in [-0.1, -0.05) is 30.2 Å². The van der Waals surface area contributed by atoms with E-state index in [2.05, 4.69) is 10.1 Å². The number of anilines is 1. The SMILES string of the molecule is Cc1ccc(-n2cnc(C3CCC3)n2)cc1C(=O)N1C[C@H](C)Oc2c(Cl)cccc21. The Balaban J connectivity index is 1.50. The molecule has 1 aliphatic heterocycles. The summed E-state index contributed by atoms with van der Waals surface area (Å²) < 4.78 is 7.66. The fraction of sp³-hybridized carbons (Fsp3) is 0.348. The topological polar surface area (TPSA) is 60.2 Å². The minimum Gasteiger partial charge on any atom is -0.485 e. The Morgan fingerprint density at radius 1 is 1.23 bits per heavy atom. The summed E-state index contributed by atoms with van der Waals surface area (Å²) in [6, 6.07) is 11.3. The summed E-state index contributed by atoms with van der Waals surface area (Å²) in [5.74, 6) is 1.84. The van der Waals surface area contributed by atoms with Crippen LogP contribution in [0.2, 0.25) is 5.02 Å². The third-order valence-electron chi connectivity index (χ3n) is 5.94. The number of aromatic nitrogens is 3. The lowest BCUT2D eigenvalue weighted by Crippen LogP contribution is -2.42. The molecule has 1 aliphatic carbocycles. The molecule has 1 amide bonds. The molecule has 0 spiro atoms. The fourth-order valence-corrected chi connectivity index (χ4v) is 4.21. The van der Waals surface area contributed by atoms with Gasteiger partial charge in [0.1, 0.15) is 12.4 Å². The number of amides is 1. The van der Waals surface area contributed by atoms with Crippen LogP contribution in [0.3, 0.4) is 0 Å². The van der Waals surface area contributed by atoms with Crippen LogP contribution in [0.5, 0.6) is 5.75 Å². The molecule has 3 aromatic rings. The second-order valence-electron chi connectivity index (χ2n) is 8.11. The van der Waals surface area contributed by atoms with Gasteiger partial charge in [0.2, 0.25) is 0 Å². The molecular formula is C23H23ClN4O2. The van der Waals surface area contributed by atoms with E-state index in [1.54, 1.807) is 22.0 Å². The zero-order valence-electron chi connectivity index (χ0n) is 17.0. The number of hydrogen-bond donors (Lipinski definition) is 0. The molecule has 30 heavy (non-hydrogen) atoms. The van der Waals surface area contributed by atoms with E-state index in [0.717, 1.165) is 29.9 Å². The molecule has 2 aromatic carbocycles. The molecule has 0 unspecified atom stereocenters. The Morgan fingerprint density at radius 2 is 2.07 bits per heavy atom. The number of fused-ring (bicyclic) bond motifs is 1. The number of benzene rings is 2. The normalized spacial score (nSPS) is 18.5. The number of aryl methyl sites for hydroxylation is 1. The van der Waals surface area contributed by atoms with Crippen LogP contribution in [-0.4, -0.2) is 33.3 Å². The highest BCUT2D eigenvalue weighted by molar-refractivity contribution is 6.32. The van der Waals surface area contributed by atoms with Crippen molar-refractivity contribution in [1.29, 1.82) is 0 Å². The van der Waals surface area contributed by atoms with Crippen LogP contribution in [0, 0.1) is 6.92 Å². The van der Waals surface area contributed by atoms with Crippen molar-refractivity contribution in [2.24, 2.45) is 0 Å². The first-order valence-corrected chi connectivity index (χ1v) is 10.7. The second kappa shape index (κ2) is 7.43. The van der Waals surface area contributed by atoms with Crippen molar-refractivity contribution < 1.29 is 9.53 Å². The molecule has 1 aromatic heterocycles. The minimum absolute atomic E-state index is 0.0765. The van der Waals surface area contributed by atoms with Gasteiger partial charge < -0.3 is 9.64 Å². The van der Waals surface area contributed by atoms with Gasteiger partial charge in [0, 0.05) is 11.5 Å². The van der Waals surface area contributed by atoms with E-state index in [4.69, 9.17) is 16.3 Å². The van der Waals surface area contributed by atoms with Crippen LogP contribution in [0.15, 0.2) is 42.7 Å². The number of hydrogen-bond acceptors (Lipinski definition) is 4. The average molecular weight is 423 g/mol. The number of carbonyl (C=O) groups is 1. The predicted molar refractivity (Wildman–Crippen MR) is 116 cm³/mol. The lowest BCUT2D eigenvalue weighted by Gasteiger charge is -2.34. The van der Waals surface area contributed by atoms with E-state index in [1.165, 1.54) is 6.42 Å². The Bertz CT molecular complexity index is 1120. The molecule has 1 fully saturated rings. The highest BCUT2D eigenvalue weighted by atomic mass is 35.5. The van der Waals surface area contributed by atoms with E-state index in [1.807, 2.05) is 44.2 Å². The maximum atomic E-state index is 13.6. The van der Waals surface area contributed by atoms with E-state index < -0.39 is 0 Å². The van der Waals surface area contributed by atoms with E-state index in [-0.39, 0.29) is 12.0 Å². The van der Waals surface area contributed by atoms with Crippen molar-refractivity contribution in [1.82, 2.24) is 14.8 Å². The number of halogens is 1. The maximum Gasteiger partial charge on any atom is 0.258 e. The molecule has 154 valence electrons. The summed E-state index contributed by atoms with van der Waals surface area (Å²) in [6.07, 6.45) is 5.13. The quantitative estimate of drug-likeness (QED) is 0.600. The Hall–Kier alpha value is -2.86. The van der Waals surface area contributed by atoms with E-state index in [9.17, 15) is 4.79 Å². The Labute approximate surface area is 180 Å². The summed E-state index contributed by atoms with van der Waals surface area (Å²) in [7, 11) is 0. The molecule has 7 heteroatoms. The first-order chi connectivity index (χ1) is 14.5. The third-order valence-corrected chi connectivity index (χ3v) is 6.23. The van der Waals surface area contributed by atoms with Crippen LogP contribution in [0.1, 0.15) is 53.8 Å². The smallest absolute Gasteiger partial charge is 0.258 e. The molecule has 0 saturated heterocycles. The van der Waals surface area contributed by atoms with Gasteiger partial charge in [-0.3, -0.25) is 4.79 Å². The van der Waals surface area contributed by atoms with Crippen molar-refractivity contribution in [3.8, 4) is 11.4 Å². The van der Waals surface area contributed by atoms with Crippen molar-refractivity contribution in [3.05, 3.63) is 64.7 Å². The van der Waals surface area contributed by atoms with Crippen molar-refractivity contribution in [2.75, 3.05) is 11.4 Å². The number of nitrogens with zero attached hydrogens (tertiary/aromatic N) is 4. The molecule has 2 aliphatic rings. The zero-order valence-corrected chi connectivity index (χ0v) is 17.8. The van der Waals surface area contributed by atoms with Gasteiger partial charge in [-0.15, -0.1) is 0 Å². The van der Waals surface area contributed by atoms with Gasteiger partial charge in [-0.2, -0.15) is 5.10 Å². The van der Waals surface area contributed by atoms with Gasteiger partial charge in [-0.25, -0.2) is 9.67 Å². The maximum absolute atomic E-state index is 13.6. The Morgan fingerprint density at radius 3 is 2.83 bits per heavy atom. The molecular weight excluding hydrogens is 400 g/mol. The molecule has 2 heterocycles. The molecule has 6 nitrogen and oxygen atoms in total. The first-order valence-electron chi connectivity index (χ1n) is 10.3. The molecule has 0 N–H and O–H groups in total. The zero-order chi connectivity index (χ0) is 20.8. The van der Waals surface area contributed by atoms with Gasteiger partial charge in [0.25, 0.3) is 5.91 Å². The summed E-state index contributed by atoms with van der Waals surface area (Å²) in [5.41, 5.74) is 3.07. The van der Waals surface area contributed by atoms with Crippen LogP contribution >= 0.6 is 11.6 Å². The lowest BCUT2D eigenvalue weighted by atomic mass is 9.85. The third kappa shape index (κ3) is 3.25. The molecule has 1 atom stereocenters. The monoisotopic (exact) mass is 422 g/mol. The van der Waals surface area contributed by atoms with Crippen LogP contribution in [0.25, 0.3) is 5.69 Å². The van der Waals surface area contributed by atoms with Gasteiger partial charge in [0.05, 0.1) is 22.9 Å². The number of carbonyl (C=O) groups excluding carboxylic acids is 1. The molecule has 0 radical (unpaired) electrons. The van der Waals surface area contributed by atoms with Crippen LogP contribution < -0.4 is 9.64 Å². The summed E-state index contributed by atoms with van der Waals surface area (Å²) in [6.45, 7) is 4.35. The average Bonchev–Trinajstić information content (AvgIpc) is 3.16. The largest absolute Gasteiger partial charge is 0.485 e. The first kappa shape index (κ1) is 19.1. The van der Waals surface area contributed by atoms with Gasteiger partial charge in [-0.05, 0) is 56.5 Å². The van der Waals surface area contributed by atoms with Crippen LogP contribution in [-0.2, 0) is 0 Å². The minimum atomic E-state index is -0.148. The standard InChI is InChI=1S/C23H23ClN4O2/c1-14-9-10-17(28-13-25-22(26-28)16-5-3-6-16)11-18(14)23(29)27-12-15(2)30-21-19(24)7-4-8-20(21)27/h4,7-11,13,15-16H,3,5-6,12H2,1-2H3/t15-/m0/s1. The summed E-state index contributed by atoms with van der Waals surface area (Å²) >= 11 is 6.32. The number of ether oxygens (including phenoxy) is 1. The van der Waals surface area contributed by atoms with Crippen LogP contribution in [0.4, 0.5) is 5.69 Å². The second-order valence-corrected chi connectivity index (χ2v) is 8.51. The molecule has 0 bridgehead atoms. The van der Waals surface area contributed by atoms with E-state index in [0.29, 0.717) is 34.5 Å². The number of para-hydroxylation sites is 1. The fourth-order valence-electron chi connectivity index (χ4n) is 3.99.